The SMILES string of the molecule is COc1ccc2c(c1Br)OCCCC2O. The third-order valence-electron chi connectivity index (χ3n) is 2.54. The van der Waals surface area contributed by atoms with E-state index < -0.39 is 6.10 Å². The number of aliphatic hydroxyl groups excluding tert-OH is 1. The standard InChI is InChI=1S/C11H13BrO3/c1-14-9-5-4-7-8(13)3-2-6-15-11(7)10(9)12/h4-5,8,13H,2-3,6H2,1H3. The molecule has 1 aliphatic rings. The topological polar surface area (TPSA) is 38.7 Å². The molecule has 1 aromatic carbocycles. The van der Waals surface area contributed by atoms with Crippen molar-refractivity contribution in [3.8, 4) is 11.5 Å². The van der Waals surface area contributed by atoms with Crippen molar-refractivity contribution in [2.45, 2.75) is 18.9 Å². The van der Waals surface area contributed by atoms with E-state index in [1.54, 1.807) is 7.11 Å². The fourth-order valence-corrected chi connectivity index (χ4v) is 2.36. The Morgan fingerprint density at radius 3 is 3.07 bits per heavy atom. The summed E-state index contributed by atoms with van der Waals surface area (Å²) in [5.74, 6) is 1.43. The van der Waals surface area contributed by atoms with Crippen molar-refractivity contribution in [2.24, 2.45) is 0 Å². The van der Waals surface area contributed by atoms with Crippen molar-refractivity contribution < 1.29 is 14.6 Å². The summed E-state index contributed by atoms with van der Waals surface area (Å²) < 4.78 is 11.6. The van der Waals surface area contributed by atoms with Gasteiger partial charge in [-0.05, 0) is 40.9 Å². The van der Waals surface area contributed by atoms with E-state index in [0.29, 0.717) is 12.4 Å². The molecule has 0 fully saturated rings. The second-order valence-electron chi connectivity index (χ2n) is 3.51. The van der Waals surface area contributed by atoms with Gasteiger partial charge >= 0.3 is 0 Å². The summed E-state index contributed by atoms with van der Waals surface area (Å²) >= 11 is 3.43. The molecule has 0 saturated carbocycles. The van der Waals surface area contributed by atoms with E-state index in [1.165, 1.54) is 0 Å². The van der Waals surface area contributed by atoms with Gasteiger partial charge in [0.1, 0.15) is 16.0 Å². The monoisotopic (exact) mass is 272 g/mol. The van der Waals surface area contributed by atoms with Crippen LogP contribution < -0.4 is 9.47 Å². The Bertz CT molecular complexity index is 365. The first-order chi connectivity index (χ1) is 7.24. The second-order valence-corrected chi connectivity index (χ2v) is 4.30. The number of halogens is 1. The van der Waals surface area contributed by atoms with Crippen LogP contribution in [0.1, 0.15) is 24.5 Å². The third-order valence-corrected chi connectivity index (χ3v) is 3.29. The lowest BCUT2D eigenvalue weighted by Crippen LogP contribution is -1.98. The molecule has 0 saturated heterocycles. The van der Waals surface area contributed by atoms with Gasteiger partial charge in [-0.15, -0.1) is 0 Å². The summed E-state index contributed by atoms with van der Waals surface area (Å²) in [6.45, 7) is 0.635. The fraction of sp³-hybridized carbons (Fsp3) is 0.455. The van der Waals surface area contributed by atoms with E-state index in [9.17, 15) is 5.11 Å². The van der Waals surface area contributed by atoms with Crippen LogP contribution >= 0.6 is 15.9 Å². The quantitative estimate of drug-likeness (QED) is 0.855. The van der Waals surface area contributed by atoms with Gasteiger partial charge in [0.15, 0.2) is 0 Å². The van der Waals surface area contributed by atoms with E-state index in [-0.39, 0.29) is 0 Å². The highest BCUT2D eigenvalue weighted by atomic mass is 79.9. The second kappa shape index (κ2) is 4.41. The molecule has 1 unspecified atom stereocenters. The number of aliphatic hydroxyl groups is 1. The molecular weight excluding hydrogens is 260 g/mol. The predicted octanol–water partition coefficient (Wildman–Crippen LogP) is 2.66. The van der Waals surface area contributed by atoms with Gasteiger partial charge in [-0.2, -0.15) is 0 Å². The van der Waals surface area contributed by atoms with Crippen LogP contribution in [0.25, 0.3) is 0 Å². The maximum Gasteiger partial charge on any atom is 0.143 e. The van der Waals surface area contributed by atoms with Crippen molar-refractivity contribution >= 4 is 15.9 Å². The minimum atomic E-state index is -0.440. The number of benzene rings is 1. The van der Waals surface area contributed by atoms with Crippen molar-refractivity contribution in [2.75, 3.05) is 13.7 Å². The average molecular weight is 273 g/mol. The van der Waals surface area contributed by atoms with Gasteiger partial charge in [0.2, 0.25) is 0 Å². The lowest BCUT2D eigenvalue weighted by atomic mass is 10.1. The van der Waals surface area contributed by atoms with Crippen molar-refractivity contribution in [3.05, 3.63) is 22.2 Å². The van der Waals surface area contributed by atoms with Crippen LogP contribution in [0.15, 0.2) is 16.6 Å². The van der Waals surface area contributed by atoms with E-state index in [2.05, 4.69) is 15.9 Å². The number of rotatable bonds is 1. The molecule has 1 N–H and O–H groups in total. The molecule has 1 atom stereocenters. The minimum absolute atomic E-state index is 0.440. The average Bonchev–Trinajstić information content (AvgIpc) is 2.42. The molecule has 15 heavy (non-hydrogen) atoms. The highest BCUT2D eigenvalue weighted by Crippen LogP contribution is 2.42. The van der Waals surface area contributed by atoms with Gasteiger partial charge < -0.3 is 14.6 Å². The number of hydrogen-bond donors (Lipinski definition) is 1. The van der Waals surface area contributed by atoms with Crippen molar-refractivity contribution in [1.29, 1.82) is 0 Å². The van der Waals surface area contributed by atoms with E-state index in [0.717, 1.165) is 28.6 Å². The largest absolute Gasteiger partial charge is 0.495 e. The number of fused-ring (bicyclic) bond motifs is 1. The minimum Gasteiger partial charge on any atom is -0.495 e. The van der Waals surface area contributed by atoms with Crippen LogP contribution in [0.3, 0.4) is 0 Å². The Hall–Kier alpha value is -0.740. The van der Waals surface area contributed by atoms with Gasteiger partial charge in [-0.3, -0.25) is 0 Å². The molecule has 0 aromatic heterocycles. The van der Waals surface area contributed by atoms with Crippen molar-refractivity contribution in [3.63, 3.8) is 0 Å². The molecule has 82 valence electrons. The van der Waals surface area contributed by atoms with Gasteiger partial charge in [0, 0.05) is 5.56 Å². The zero-order valence-corrected chi connectivity index (χ0v) is 10.1. The van der Waals surface area contributed by atoms with Crippen molar-refractivity contribution in [1.82, 2.24) is 0 Å². The summed E-state index contributed by atoms with van der Waals surface area (Å²) in [5, 5.41) is 9.89. The molecule has 2 rings (SSSR count). The summed E-state index contributed by atoms with van der Waals surface area (Å²) in [7, 11) is 1.61. The van der Waals surface area contributed by atoms with Crippen LogP contribution in [0, 0.1) is 0 Å². The molecule has 0 spiro atoms. The molecule has 0 radical (unpaired) electrons. The molecule has 0 aliphatic carbocycles. The Balaban J connectivity index is 2.50. The van der Waals surface area contributed by atoms with Gasteiger partial charge in [0.25, 0.3) is 0 Å². The van der Waals surface area contributed by atoms with Crippen LogP contribution in [-0.4, -0.2) is 18.8 Å². The summed E-state index contributed by atoms with van der Waals surface area (Å²) in [4.78, 5) is 0. The molecule has 1 aromatic rings. The predicted molar refractivity (Wildman–Crippen MR) is 60.4 cm³/mol. The molecule has 0 amide bonds. The van der Waals surface area contributed by atoms with Gasteiger partial charge in [-0.25, -0.2) is 0 Å². The van der Waals surface area contributed by atoms with Crippen LogP contribution in [0.5, 0.6) is 11.5 Å². The molecule has 4 heteroatoms. The Labute approximate surface area is 97.1 Å². The maximum atomic E-state index is 9.89. The Morgan fingerprint density at radius 1 is 1.53 bits per heavy atom. The van der Waals surface area contributed by atoms with Crippen LogP contribution in [0.4, 0.5) is 0 Å². The molecule has 1 heterocycles. The third kappa shape index (κ3) is 1.96. The van der Waals surface area contributed by atoms with E-state index in [4.69, 9.17) is 9.47 Å². The first-order valence-electron chi connectivity index (χ1n) is 4.91. The lowest BCUT2D eigenvalue weighted by molar-refractivity contribution is 0.167. The number of hydrogen-bond acceptors (Lipinski definition) is 3. The molecule has 0 bridgehead atoms. The first-order valence-corrected chi connectivity index (χ1v) is 5.70. The molecular formula is C11H13BrO3. The highest BCUT2D eigenvalue weighted by molar-refractivity contribution is 9.10. The zero-order chi connectivity index (χ0) is 10.8. The smallest absolute Gasteiger partial charge is 0.143 e. The first kappa shape index (κ1) is 10.8. The lowest BCUT2D eigenvalue weighted by Gasteiger charge is -2.14. The molecule has 3 nitrogen and oxygen atoms in total. The van der Waals surface area contributed by atoms with Gasteiger partial charge in [0.05, 0.1) is 19.8 Å². The van der Waals surface area contributed by atoms with Gasteiger partial charge in [-0.1, -0.05) is 0 Å². The van der Waals surface area contributed by atoms with Crippen LogP contribution in [0.2, 0.25) is 0 Å². The Kier molecular flexibility index (Phi) is 3.17. The van der Waals surface area contributed by atoms with E-state index in [1.807, 2.05) is 12.1 Å². The summed E-state index contributed by atoms with van der Waals surface area (Å²) in [6.07, 6.45) is 1.17. The number of methoxy groups -OCH3 is 1. The maximum absolute atomic E-state index is 9.89. The molecule has 1 aliphatic heterocycles. The summed E-state index contributed by atoms with van der Waals surface area (Å²) in [6, 6.07) is 3.69. The summed E-state index contributed by atoms with van der Waals surface area (Å²) in [5.41, 5.74) is 0.833. The fourth-order valence-electron chi connectivity index (χ4n) is 1.73. The number of ether oxygens (including phenoxy) is 2. The Morgan fingerprint density at radius 2 is 2.33 bits per heavy atom. The highest BCUT2D eigenvalue weighted by Gasteiger charge is 2.21. The zero-order valence-electron chi connectivity index (χ0n) is 8.50. The van der Waals surface area contributed by atoms with Crippen LogP contribution in [-0.2, 0) is 0 Å². The van der Waals surface area contributed by atoms with E-state index >= 15 is 0 Å². The normalized spacial score (nSPS) is 20.1.